The Labute approximate surface area is 120 Å². The van der Waals surface area contributed by atoms with E-state index in [1.807, 2.05) is 10.7 Å². The van der Waals surface area contributed by atoms with E-state index in [0.29, 0.717) is 12.5 Å². The van der Waals surface area contributed by atoms with Gasteiger partial charge in [0.2, 0.25) is 0 Å². The van der Waals surface area contributed by atoms with E-state index in [1.54, 1.807) is 6.20 Å². The zero-order valence-corrected chi connectivity index (χ0v) is 12.4. The fourth-order valence-corrected chi connectivity index (χ4v) is 3.48. The topological polar surface area (TPSA) is 81.1 Å². The summed E-state index contributed by atoms with van der Waals surface area (Å²) in [6.45, 7) is 5.42. The minimum Gasteiger partial charge on any atom is -0.481 e. The van der Waals surface area contributed by atoms with Crippen molar-refractivity contribution in [1.82, 2.24) is 9.78 Å². The Morgan fingerprint density at radius 2 is 2.15 bits per heavy atom. The van der Waals surface area contributed by atoms with Gasteiger partial charge in [0, 0.05) is 30.9 Å². The van der Waals surface area contributed by atoms with Crippen LogP contribution in [0.5, 0.6) is 0 Å². The average molecular weight is 279 g/mol. The summed E-state index contributed by atoms with van der Waals surface area (Å²) in [4.78, 5) is 11.9. The first kappa shape index (κ1) is 15.0. The van der Waals surface area contributed by atoms with Crippen molar-refractivity contribution in [2.45, 2.75) is 52.0 Å². The van der Waals surface area contributed by atoms with Crippen molar-refractivity contribution in [3.8, 4) is 0 Å². The van der Waals surface area contributed by atoms with Gasteiger partial charge in [0.25, 0.3) is 0 Å². The number of nitrogens with zero attached hydrogens (tertiary/aromatic N) is 2. The SMILES string of the molecule is CC(C)Cn1nccc1[C@@H](CN)C1(C(=O)O)CCCC1. The molecule has 3 N–H and O–H groups in total. The molecule has 1 saturated carbocycles. The third-order valence-electron chi connectivity index (χ3n) is 4.47. The van der Waals surface area contributed by atoms with Gasteiger partial charge in [-0.25, -0.2) is 0 Å². The molecule has 1 atom stereocenters. The summed E-state index contributed by atoms with van der Waals surface area (Å²) in [6.07, 6.45) is 5.14. The third kappa shape index (κ3) is 2.59. The van der Waals surface area contributed by atoms with Gasteiger partial charge in [0.1, 0.15) is 0 Å². The molecule has 0 spiro atoms. The van der Waals surface area contributed by atoms with Crippen LogP contribution in [0.4, 0.5) is 0 Å². The molecule has 0 aromatic carbocycles. The minimum atomic E-state index is -0.706. The van der Waals surface area contributed by atoms with Gasteiger partial charge in [-0.2, -0.15) is 5.10 Å². The summed E-state index contributed by atoms with van der Waals surface area (Å²) >= 11 is 0. The summed E-state index contributed by atoms with van der Waals surface area (Å²) in [5.74, 6) is -0.386. The lowest BCUT2D eigenvalue weighted by molar-refractivity contribution is -0.150. The van der Waals surface area contributed by atoms with Crippen molar-refractivity contribution in [2.75, 3.05) is 6.54 Å². The molecule has 1 aromatic rings. The van der Waals surface area contributed by atoms with Gasteiger partial charge in [0.05, 0.1) is 5.41 Å². The van der Waals surface area contributed by atoms with E-state index >= 15 is 0 Å². The fourth-order valence-electron chi connectivity index (χ4n) is 3.48. The van der Waals surface area contributed by atoms with Gasteiger partial charge < -0.3 is 10.8 Å². The molecule has 0 saturated heterocycles. The Balaban J connectivity index is 2.36. The molecule has 0 bridgehead atoms. The molecule has 1 aliphatic carbocycles. The van der Waals surface area contributed by atoms with Crippen molar-refractivity contribution in [2.24, 2.45) is 17.1 Å². The predicted molar refractivity (Wildman–Crippen MR) is 77.4 cm³/mol. The quantitative estimate of drug-likeness (QED) is 0.836. The second-order valence-electron chi connectivity index (χ2n) is 6.29. The maximum atomic E-state index is 11.9. The Hall–Kier alpha value is -1.36. The van der Waals surface area contributed by atoms with E-state index in [-0.39, 0.29) is 5.92 Å². The van der Waals surface area contributed by atoms with E-state index in [9.17, 15) is 9.90 Å². The zero-order chi connectivity index (χ0) is 14.8. The monoisotopic (exact) mass is 279 g/mol. The second-order valence-corrected chi connectivity index (χ2v) is 6.29. The van der Waals surface area contributed by atoms with E-state index in [4.69, 9.17) is 5.73 Å². The molecule has 5 nitrogen and oxygen atoms in total. The minimum absolute atomic E-state index is 0.149. The van der Waals surface area contributed by atoms with Crippen molar-refractivity contribution in [1.29, 1.82) is 0 Å². The highest BCUT2D eigenvalue weighted by Gasteiger charge is 2.48. The van der Waals surface area contributed by atoms with Crippen LogP contribution in [0, 0.1) is 11.3 Å². The lowest BCUT2D eigenvalue weighted by atomic mass is 9.72. The van der Waals surface area contributed by atoms with Crippen LogP contribution in [-0.2, 0) is 11.3 Å². The molecular weight excluding hydrogens is 254 g/mol. The predicted octanol–water partition coefficient (Wildman–Crippen LogP) is 2.23. The van der Waals surface area contributed by atoms with Gasteiger partial charge in [-0.3, -0.25) is 9.48 Å². The molecule has 0 amide bonds. The smallest absolute Gasteiger partial charge is 0.310 e. The summed E-state index contributed by atoms with van der Waals surface area (Å²) in [5.41, 5.74) is 6.23. The van der Waals surface area contributed by atoms with Crippen LogP contribution in [0.15, 0.2) is 12.3 Å². The standard InChI is InChI=1S/C15H25N3O2/c1-11(2)10-18-13(5-8-17-18)12(9-16)15(14(19)20)6-3-4-7-15/h5,8,11-12H,3-4,6-7,9-10,16H2,1-2H3,(H,19,20)/t12-/m1/s1. The van der Waals surface area contributed by atoms with Crippen LogP contribution in [0.25, 0.3) is 0 Å². The van der Waals surface area contributed by atoms with Gasteiger partial charge in [-0.15, -0.1) is 0 Å². The Kier molecular flexibility index (Phi) is 4.48. The van der Waals surface area contributed by atoms with Gasteiger partial charge in [-0.1, -0.05) is 26.7 Å². The Bertz CT molecular complexity index is 461. The number of nitrogens with two attached hydrogens (primary N) is 1. The first-order valence-corrected chi connectivity index (χ1v) is 7.46. The first-order chi connectivity index (χ1) is 9.51. The number of carboxylic acids is 1. The largest absolute Gasteiger partial charge is 0.481 e. The van der Waals surface area contributed by atoms with Crippen molar-refractivity contribution in [3.63, 3.8) is 0 Å². The maximum Gasteiger partial charge on any atom is 0.310 e. The van der Waals surface area contributed by atoms with E-state index in [1.165, 1.54) is 0 Å². The van der Waals surface area contributed by atoms with Crippen LogP contribution >= 0.6 is 0 Å². The molecule has 1 fully saturated rings. The van der Waals surface area contributed by atoms with Crippen molar-refractivity contribution in [3.05, 3.63) is 18.0 Å². The van der Waals surface area contributed by atoms with Crippen molar-refractivity contribution < 1.29 is 9.90 Å². The van der Waals surface area contributed by atoms with E-state index in [2.05, 4.69) is 18.9 Å². The molecule has 112 valence electrons. The molecule has 2 rings (SSSR count). The average Bonchev–Trinajstić information content (AvgIpc) is 3.01. The van der Waals surface area contributed by atoms with Crippen LogP contribution in [0.1, 0.15) is 51.1 Å². The lowest BCUT2D eigenvalue weighted by Gasteiger charge is -2.33. The first-order valence-electron chi connectivity index (χ1n) is 7.46. The number of hydrogen-bond acceptors (Lipinski definition) is 3. The Morgan fingerprint density at radius 3 is 2.65 bits per heavy atom. The Morgan fingerprint density at radius 1 is 1.50 bits per heavy atom. The highest BCUT2D eigenvalue weighted by molar-refractivity contribution is 5.76. The van der Waals surface area contributed by atoms with Gasteiger partial charge in [0.15, 0.2) is 0 Å². The number of aliphatic carboxylic acids is 1. The fraction of sp³-hybridized carbons (Fsp3) is 0.733. The number of rotatable bonds is 6. The van der Waals surface area contributed by atoms with Crippen LogP contribution in [-0.4, -0.2) is 27.4 Å². The summed E-state index contributed by atoms with van der Waals surface area (Å²) in [6, 6.07) is 1.93. The number of carbonyl (C=O) groups is 1. The number of aromatic nitrogens is 2. The van der Waals surface area contributed by atoms with Crippen molar-refractivity contribution >= 4 is 5.97 Å². The summed E-state index contributed by atoms with van der Waals surface area (Å²) < 4.78 is 1.94. The molecule has 1 aliphatic rings. The highest BCUT2D eigenvalue weighted by Crippen LogP contribution is 2.48. The second kappa shape index (κ2) is 5.95. The van der Waals surface area contributed by atoms with Gasteiger partial charge >= 0.3 is 5.97 Å². The van der Waals surface area contributed by atoms with Crippen LogP contribution < -0.4 is 5.73 Å². The lowest BCUT2D eigenvalue weighted by Crippen LogP contribution is -2.39. The maximum absolute atomic E-state index is 11.9. The van der Waals surface area contributed by atoms with E-state index < -0.39 is 11.4 Å². The van der Waals surface area contributed by atoms with E-state index in [0.717, 1.165) is 37.9 Å². The normalized spacial score (nSPS) is 19.4. The summed E-state index contributed by atoms with van der Waals surface area (Å²) in [7, 11) is 0. The van der Waals surface area contributed by atoms with Crippen LogP contribution in [0.3, 0.4) is 0 Å². The molecule has 0 aliphatic heterocycles. The molecule has 1 heterocycles. The molecule has 0 radical (unpaired) electrons. The zero-order valence-electron chi connectivity index (χ0n) is 12.4. The summed E-state index contributed by atoms with van der Waals surface area (Å²) in [5, 5.41) is 14.1. The highest BCUT2D eigenvalue weighted by atomic mass is 16.4. The number of carboxylic acid groups (broad SMARTS) is 1. The van der Waals surface area contributed by atoms with Crippen LogP contribution in [0.2, 0.25) is 0 Å². The molecular formula is C15H25N3O2. The third-order valence-corrected chi connectivity index (χ3v) is 4.47. The molecule has 5 heteroatoms. The molecule has 1 aromatic heterocycles. The molecule has 0 unspecified atom stereocenters. The van der Waals surface area contributed by atoms with Gasteiger partial charge in [-0.05, 0) is 24.8 Å². The molecule has 20 heavy (non-hydrogen) atoms. The number of hydrogen-bond donors (Lipinski definition) is 2.